The molecule has 1 atom stereocenters. The van der Waals surface area contributed by atoms with E-state index in [0.29, 0.717) is 17.4 Å². The maximum Gasteiger partial charge on any atom is 0.166 e. The standard InChI is InChI=1S/C15H23N5/c1-10-11(2)19-20-14(12(10)8-16)18-9-13-15(3,4)6-5-7-17-13/h13,17H,5-7,9H2,1-4H3,(H,18,20). The van der Waals surface area contributed by atoms with E-state index in [1.807, 2.05) is 13.8 Å². The Balaban J connectivity index is 2.12. The molecule has 0 saturated carbocycles. The van der Waals surface area contributed by atoms with Crippen molar-refractivity contribution in [2.45, 2.75) is 46.6 Å². The van der Waals surface area contributed by atoms with Crippen LogP contribution in [-0.4, -0.2) is 29.3 Å². The van der Waals surface area contributed by atoms with Gasteiger partial charge in [-0.25, -0.2) is 0 Å². The maximum absolute atomic E-state index is 9.29. The average Bonchev–Trinajstić information content (AvgIpc) is 2.41. The van der Waals surface area contributed by atoms with Gasteiger partial charge in [-0.3, -0.25) is 0 Å². The fourth-order valence-corrected chi connectivity index (χ4v) is 2.69. The molecule has 2 rings (SSSR count). The Kier molecular flexibility index (Phi) is 4.24. The number of nitrogens with one attached hydrogen (secondary N) is 2. The van der Waals surface area contributed by atoms with E-state index in [1.165, 1.54) is 12.8 Å². The van der Waals surface area contributed by atoms with Crippen molar-refractivity contribution in [1.29, 1.82) is 5.26 Å². The summed E-state index contributed by atoms with van der Waals surface area (Å²) in [6.07, 6.45) is 2.44. The molecule has 1 aliphatic rings. The molecule has 1 aromatic rings. The summed E-state index contributed by atoms with van der Waals surface area (Å²) in [5.74, 6) is 0.596. The first-order valence-electron chi connectivity index (χ1n) is 7.17. The van der Waals surface area contributed by atoms with Gasteiger partial charge >= 0.3 is 0 Å². The van der Waals surface area contributed by atoms with Gasteiger partial charge in [0.1, 0.15) is 11.6 Å². The predicted octanol–water partition coefficient (Wildman–Crippen LogP) is 2.16. The van der Waals surface area contributed by atoms with Crippen LogP contribution in [0.3, 0.4) is 0 Å². The Morgan fingerprint density at radius 3 is 2.80 bits per heavy atom. The Bertz CT molecular complexity index is 530. The van der Waals surface area contributed by atoms with Gasteiger partial charge in [-0.05, 0) is 44.2 Å². The molecule has 0 radical (unpaired) electrons. The zero-order chi connectivity index (χ0) is 14.8. The lowest BCUT2D eigenvalue weighted by atomic mass is 9.77. The van der Waals surface area contributed by atoms with Crippen LogP contribution in [0.1, 0.15) is 43.5 Å². The second-order valence-electron chi connectivity index (χ2n) is 6.23. The summed E-state index contributed by atoms with van der Waals surface area (Å²) in [7, 11) is 0. The van der Waals surface area contributed by atoms with Gasteiger partial charge in [0.25, 0.3) is 0 Å². The number of aryl methyl sites for hydroxylation is 1. The number of anilines is 1. The third-order valence-corrected chi connectivity index (χ3v) is 4.37. The Labute approximate surface area is 120 Å². The molecular formula is C15H23N5. The number of aromatic nitrogens is 2. The third kappa shape index (κ3) is 2.91. The van der Waals surface area contributed by atoms with E-state index < -0.39 is 0 Å². The van der Waals surface area contributed by atoms with Gasteiger partial charge in [0.15, 0.2) is 5.82 Å². The topological polar surface area (TPSA) is 73.6 Å². The van der Waals surface area contributed by atoms with Crippen molar-refractivity contribution in [2.24, 2.45) is 5.41 Å². The molecule has 1 unspecified atom stereocenters. The first-order chi connectivity index (χ1) is 9.45. The van der Waals surface area contributed by atoms with Crippen molar-refractivity contribution in [3.63, 3.8) is 0 Å². The zero-order valence-corrected chi connectivity index (χ0v) is 12.7. The molecule has 0 aromatic carbocycles. The fraction of sp³-hybridized carbons (Fsp3) is 0.667. The predicted molar refractivity (Wildman–Crippen MR) is 79.5 cm³/mol. The molecule has 1 aromatic heterocycles. The van der Waals surface area contributed by atoms with Gasteiger partial charge in [-0.1, -0.05) is 13.8 Å². The van der Waals surface area contributed by atoms with Crippen LogP contribution < -0.4 is 10.6 Å². The summed E-state index contributed by atoms with van der Waals surface area (Å²) in [4.78, 5) is 0. The molecule has 0 bridgehead atoms. The Hall–Kier alpha value is -1.67. The molecule has 5 nitrogen and oxygen atoms in total. The quantitative estimate of drug-likeness (QED) is 0.882. The molecule has 0 amide bonds. The molecule has 5 heteroatoms. The van der Waals surface area contributed by atoms with Crippen LogP contribution in [0, 0.1) is 30.6 Å². The lowest BCUT2D eigenvalue weighted by molar-refractivity contribution is 0.188. The first-order valence-corrected chi connectivity index (χ1v) is 7.17. The highest BCUT2D eigenvalue weighted by Gasteiger charge is 2.31. The Morgan fingerprint density at radius 2 is 2.15 bits per heavy atom. The van der Waals surface area contributed by atoms with Crippen LogP contribution in [-0.2, 0) is 0 Å². The smallest absolute Gasteiger partial charge is 0.166 e. The van der Waals surface area contributed by atoms with Crippen molar-refractivity contribution in [2.75, 3.05) is 18.4 Å². The van der Waals surface area contributed by atoms with Crippen molar-refractivity contribution in [3.8, 4) is 6.07 Å². The lowest BCUT2D eigenvalue weighted by Gasteiger charge is -2.39. The second kappa shape index (κ2) is 5.76. The summed E-state index contributed by atoms with van der Waals surface area (Å²) in [6.45, 7) is 10.2. The minimum Gasteiger partial charge on any atom is -0.366 e. The van der Waals surface area contributed by atoms with Gasteiger partial charge in [0, 0.05) is 12.6 Å². The Morgan fingerprint density at radius 1 is 1.40 bits per heavy atom. The normalized spacial score (nSPS) is 21.2. The van der Waals surface area contributed by atoms with Crippen molar-refractivity contribution in [3.05, 3.63) is 16.8 Å². The molecular weight excluding hydrogens is 250 g/mol. The maximum atomic E-state index is 9.29. The van der Waals surface area contributed by atoms with E-state index in [4.69, 9.17) is 0 Å². The van der Waals surface area contributed by atoms with E-state index in [2.05, 4.69) is 40.7 Å². The minimum absolute atomic E-state index is 0.255. The largest absolute Gasteiger partial charge is 0.366 e. The number of rotatable bonds is 3. The first kappa shape index (κ1) is 14.7. The van der Waals surface area contributed by atoms with Gasteiger partial charge in [-0.15, -0.1) is 5.10 Å². The number of nitrogens with zero attached hydrogens (tertiary/aromatic N) is 3. The van der Waals surface area contributed by atoms with Crippen LogP contribution in [0.4, 0.5) is 5.82 Å². The highest BCUT2D eigenvalue weighted by Crippen LogP contribution is 2.30. The van der Waals surface area contributed by atoms with E-state index >= 15 is 0 Å². The highest BCUT2D eigenvalue weighted by molar-refractivity contribution is 5.55. The number of hydrogen-bond acceptors (Lipinski definition) is 5. The summed E-state index contributed by atoms with van der Waals surface area (Å²) < 4.78 is 0. The van der Waals surface area contributed by atoms with E-state index in [-0.39, 0.29) is 5.41 Å². The minimum atomic E-state index is 0.255. The second-order valence-corrected chi connectivity index (χ2v) is 6.23. The molecule has 0 aliphatic carbocycles. The monoisotopic (exact) mass is 273 g/mol. The number of hydrogen-bond donors (Lipinski definition) is 2. The number of piperidine rings is 1. The lowest BCUT2D eigenvalue weighted by Crippen LogP contribution is -2.50. The highest BCUT2D eigenvalue weighted by atomic mass is 15.2. The van der Waals surface area contributed by atoms with Crippen molar-refractivity contribution >= 4 is 5.82 Å². The molecule has 1 aliphatic heterocycles. The van der Waals surface area contributed by atoms with Gasteiger partial charge in [-0.2, -0.15) is 10.4 Å². The molecule has 108 valence electrons. The van der Waals surface area contributed by atoms with Crippen LogP contribution in [0.25, 0.3) is 0 Å². The van der Waals surface area contributed by atoms with Crippen LogP contribution in [0.15, 0.2) is 0 Å². The van der Waals surface area contributed by atoms with Crippen LogP contribution in [0.2, 0.25) is 0 Å². The molecule has 1 saturated heterocycles. The van der Waals surface area contributed by atoms with Gasteiger partial charge < -0.3 is 10.6 Å². The average molecular weight is 273 g/mol. The summed E-state index contributed by atoms with van der Waals surface area (Å²) >= 11 is 0. The van der Waals surface area contributed by atoms with Crippen molar-refractivity contribution in [1.82, 2.24) is 15.5 Å². The van der Waals surface area contributed by atoms with Crippen molar-refractivity contribution < 1.29 is 0 Å². The summed E-state index contributed by atoms with van der Waals surface area (Å²) in [5.41, 5.74) is 2.57. The summed E-state index contributed by atoms with van der Waals surface area (Å²) in [6, 6.07) is 2.61. The van der Waals surface area contributed by atoms with Crippen LogP contribution in [0.5, 0.6) is 0 Å². The van der Waals surface area contributed by atoms with E-state index in [0.717, 1.165) is 24.3 Å². The SMILES string of the molecule is Cc1nnc(NCC2NCCCC2(C)C)c(C#N)c1C. The van der Waals surface area contributed by atoms with E-state index in [9.17, 15) is 5.26 Å². The summed E-state index contributed by atoms with van der Waals surface area (Å²) in [5, 5.41) is 24.4. The molecule has 1 fully saturated rings. The molecule has 2 N–H and O–H groups in total. The fourth-order valence-electron chi connectivity index (χ4n) is 2.69. The van der Waals surface area contributed by atoms with E-state index in [1.54, 1.807) is 0 Å². The van der Waals surface area contributed by atoms with Crippen LogP contribution >= 0.6 is 0 Å². The molecule has 20 heavy (non-hydrogen) atoms. The molecule has 2 heterocycles. The zero-order valence-electron chi connectivity index (χ0n) is 12.7. The van der Waals surface area contributed by atoms with Gasteiger partial charge in [0.05, 0.1) is 5.69 Å². The third-order valence-electron chi connectivity index (χ3n) is 4.37. The number of nitriles is 1. The van der Waals surface area contributed by atoms with Gasteiger partial charge in [0.2, 0.25) is 0 Å². The molecule has 0 spiro atoms.